The predicted molar refractivity (Wildman–Crippen MR) is 111 cm³/mol. The van der Waals surface area contributed by atoms with Gasteiger partial charge in [-0.15, -0.1) is 0 Å². The van der Waals surface area contributed by atoms with E-state index in [2.05, 4.69) is 26.1 Å². The summed E-state index contributed by atoms with van der Waals surface area (Å²) in [7, 11) is 0. The molecule has 2 rings (SSSR count). The summed E-state index contributed by atoms with van der Waals surface area (Å²) in [5, 5.41) is 2.78. The fourth-order valence-corrected chi connectivity index (χ4v) is 2.43. The van der Waals surface area contributed by atoms with Gasteiger partial charge >= 0.3 is 5.97 Å². The molecule has 0 aliphatic heterocycles. The molecule has 0 aliphatic rings. The molecular weight excluding hydrogens is 354 g/mol. The molecule has 2 aromatic carbocycles. The number of anilines is 1. The van der Waals surface area contributed by atoms with Gasteiger partial charge in [-0.05, 0) is 53.8 Å². The van der Waals surface area contributed by atoms with Crippen LogP contribution in [0.25, 0.3) is 6.08 Å². The SMILES string of the molecule is CCOC(=O)/C=C/c1ccc(NC(=O)COc2ccc(C(C)(C)C)cc2)cc1. The Balaban J connectivity index is 1.83. The lowest BCUT2D eigenvalue weighted by Gasteiger charge is -2.19. The molecule has 0 spiro atoms. The van der Waals surface area contributed by atoms with Crippen LogP contribution in [0.3, 0.4) is 0 Å². The van der Waals surface area contributed by atoms with Gasteiger partial charge < -0.3 is 14.8 Å². The third-order valence-electron chi connectivity index (χ3n) is 3.98. The highest BCUT2D eigenvalue weighted by atomic mass is 16.5. The fraction of sp³-hybridized carbons (Fsp3) is 0.304. The minimum absolute atomic E-state index is 0.0701. The highest BCUT2D eigenvalue weighted by Gasteiger charge is 2.13. The van der Waals surface area contributed by atoms with Crippen molar-refractivity contribution in [3.8, 4) is 5.75 Å². The second-order valence-electron chi connectivity index (χ2n) is 7.32. The van der Waals surface area contributed by atoms with Crippen LogP contribution >= 0.6 is 0 Å². The lowest BCUT2D eigenvalue weighted by atomic mass is 9.87. The zero-order valence-corrected chi connectivity index (χ0v) is 16.8. The van der Waals surface area contributed by atoms with Crippen molar-refractivity contribution in [3.05, 3.63) is 65.7 Å². The van der Waals surface area contributed by atoms with E-state index in [1.165, 1.54) is 11.6 Å². The molecule has 5 nitrogen and oxygen atoms in total. The van der Waals surface area contributed by atoms with Crippen molar-refractivity contribution in [2.45, 2.75) is 33.1 Å². The van der Waals surface area contributed by atoms with Gasteiger partial charge in [0.2, 0.25) is 0 Å². The number of nitrogens with one attached hydrogen (secondary N) is 1. The van der Waals surface area contributed by atoms with Crippen LogP contribution < -0.4 is 10.1 Å². The number of hydrogen-bond donors (Lipinski definition) is 1. The van der Waals surface area contributed by atoms with E-state index in [1.54, 1.807) is 37.3 Å². The number of carbonyl (C=O) groups is 2. The molecule has 5 heteroatoms. The normalized spacial score (nSPS) is 11.3. The number of ether oxygens (including phenoxy) is 2. The number of rotatable bonds is 7. The first-order chi connectivity index (χ1) is 13.3. The summed E-state index contributed by atoms with van der Waals surface area (Å²) < 4.78 is 10.4. The van der Waals surface area contributed by atoms with Crippen LogP contribution in [0.1, 0.15) is 38.8 Å². The van der Waals surface area contributed by atoms with Crippen molar-refractivity contribution in [3.63, 3.8) is 0 Å². The Morgan fingerprint density at radius 3 is 2.21 bits per heavy atom. The zero-order valence-electron chi connectivity index (χ0n) is 16.8. The Labute approximate surface area is 166 Å². The second kappa shape index (κ2) is 9.74. The summed E-state index contributed by atoms with van der Waals surface area (Å²) in [6.45, 7) is 8.47. The maximum absolute atomic E-state index is 12.1. The number of benzene rings is 2. The molecule has 0 aromatic heterocycles. The van der Waals surface area contributed by atoms with Crippen molar-refractivity contribution in [1.82, 2.24) is 0 Å². The maximum Gasteiger partial charge on any atom is 0.330 e. The molecule has 0 bridgehead atoms. The maximum atomic E-state index is 12.1. The van der Waals surface area contributed by atoms with Crippen LogP contribution in [-0.2, 0) is 19.7 Å². The zero-order chi connectivity index (χ0) is 20.6. The Kier molecular flexibility index (Phi) is 7.38. The summed E-state index contributed by atoms with van der Waals surface area (Å²) in [6, 6.07) is 14.9. The standard InChI is InChI=1S/C23H27NO4/c1-5-27-22(26)15-8-17-6-11-19(12-7-17)24-21(25)16-28-20-13-9-18(10-14-20)23(2,3)4/h6-15H,5,16H2,1-4H3,(H,24,25)/b15-8+. The van der Waals surface area contributed by atoms with Gasteiger partial charge in [0.25, 0.3) is 5.91 Å². The molecule has 0 fully saturated rings. The van der Waals surface area contributed by atoms with E-state index < -0.39 is 0 Å². The molecule has 1 N–H and O–H groups in total. The topological polar surface area (TPSA) is 64.6 Å². The van der Waals surface area contributed by atoms with Crippen LogP contribution in [-0.4, -0.2) is 25.1 Å². The number of hydrogen-bond acceptors (Lipinski definition) is 4. The summed E-state index contributed by atoms with van der Waals surface area (Å²) in [5.74, 6) is 0.0323. The van der Waals surface area contributed by atoms with Gasteiger partial charge in [0.15, 0.2) is 6.61 Å². The van der Waals surface area contributed by atoms with Crippen LogP contribution in [0.15, 0.2) is 54.6 Å². The molecule has 148 valence electrons. The van der Waals surface area contributed by atoms with E-state index in [0.29, 0.717) is 18.0 Å². The van der Waals surface area contributed by atoms with Gasteiger partial charge in [-0.2, -0.15) is 0 Å². The summed E-state index contributed by atoms with van der Waals surface area (Å²) >= 11 is 0. The van der Waals surface area contributed by atoms with E-state index >= 15 is 0 Å². The molecule has 1 amide bonds. The molecule has 0 atom stereocenters. The van der Waals surface area contributed by atoms with Crippen LogP contribution in [0, 0.1) is 0 Å². The number of carbonyl (C=O) groups excluding carboxylic acids is 2. The average molecular weight is 381 g/mol. The van der Waals surface area contributed by atoms with Crippen molar-refractivity contribution in [1.29, 1.82) is 0 Å². The van der Waals surface area contributed by atoms with Crippen molar-refractivity contribution >= 4 is 23.6 Å². The van der Waals surface area contributed by atoms with E-state index in [1.807, 2.05) is 24.3 Å². The van der Waals surface area contributed by atoms with Gasteiger partial charge in [-0.25, -0.2) is 4.79 Å². The average Bonchev–Trinajstić information content (AvgIpc) is 2.66. The van der Waals surface area contributed by atoms with E-state index in [0.717, 1.165) is 5.56 Å². The highest BCUT2D eigenvalue weighted by Crippen LogP contribution is 2.24. The van der Waals surface area contributed by atoms with E-state index in [9.17, 15) is 9.59 Å². The predicted octanol–water partition coefficient (Wildman–Crippen LogP) is 4.58. The first-order valence-electron chi connectivity index (χ1n) is 9.26. The van der Waals surface area contributed by atoms with Gasteiger partial charge in [-0.1, -0.05) is 45.0 Å². The van der Waals surface area contributed by atoms with Gasteiger partial charge in [-0.3, -0.25) is 4.79 Å². The summed E-state index contributed by atoms with van der Waals surface area (Å²) in [5.41, 5.74) is 2.78. The number of esters is 1. The molecule has 0 radical (unpaired) electrons. The highest BCUT2D eigenvalue weighted by molar-refractivity contribution is 5.92. The smallest absolute Gasteiger partial charge is 0.330 e. The Bertz CT molecular complexity index is 815. The fourth-order valence-electron chi connectivity index (χ4n) is 2.43. The van der Waals surface area contributed by atoms with E-state index in [4.69, 9.17) is 9.47 Å². The third-order valence-corrected chi connectivity index (χ3v) is 3.98. The molecule has 0 aliphatic carbocycles. The van der Waals surface area contributed by atoms with Crippen LogP contribution in [0.2, 0.25) is 0 Å². The Hall–Kier alpha value is -3.08. The summed E-state index contributed by atoms with van der Waals surface area (Å²) in [4.78, 5) is 23.4. The molecule has 0 heterocycles. The largest absolute Gasteiger partial charge is 0.484 e. The second-order valence-corrected chi connectivity index (χ2v) is 7.32. The lowest BCUT2D eigenvalue weighted by molar-refractivity contribution is -0.137. The third kappa shape index (κ3) is 6.91. The molecule has 0 saturated heterocycles. The molecule has 2 aromatic rings. The van der Waals surface area contributed by atoms with Gasteiger partial charge in [0.05, 0.1) is 6.61 Å². The first kappa shape index (κ1) is 21.2. The monoisotopic (exact) mass is 381 g/mol. The molecule has 28 heavy (non-hydrogen) atoms. The minimum Gasteiger partial charge on any atom is -0.484 e. The quantitative estimate of drug-likeness (QED) is 0.563. The van der Waals surface area contributed by atoms with Crippen LogP contribution in [0.4, 0.5) is 5.69 Å². The van der Waals surface area contributed by atoms with E-state index in [-0.39, 0.29) is 23.9 Å². The molecular formula is C23H27NO4. The minimum atomic E-state index is -0.382. The molecule has 0 unspecified atom stereocenters. The van der Waals surface area contributed by atoms with Gasteiger partial charge in [0.1, 0.15) is 5.75 Å². The first-order valence-corrected chi connectivity index (χ1v) is 9.26. The van der Waals surface area contributed by atoms with Crippen molar-refractivity contribution in [2.24, 2.45) is 0 Å². The summed E-state index contributed by atoms with van der Waals surface area (Å²) in [6.07, 6.45) is 3.03. The molecule has 0 saturated carbocycles. The van der Waals surface area contributed by atoms with Crippen LogP contribution in [0.5, 0.6) is 5.75 Å². The van der Waals surface area contributed by atoms with Crippen molar-refractivity contribution < 1.29 is 19.1 Å². The Morgan fingerprint density at radius 1 is 1.00 bits per heavy atom. The van der Waals surface area contributed by atoms with Crippen molar-refractivity contribution in [2.75, 3.05) is 18.5 Å². The van der Waals surface area contributed by atoms with Gasteiger partial charge in [0, 0.05) is 11.8 Å². The Morgan fingerprint density at radius 2 is 1.64 bits per heavy atom. The number of amides is 1. The lowest BCUT2D eigenvalue weighted by Crippen LogP contribution is -2.20.